The summed E-state index contributed by atoms with van der Waals surface area (Å²) in [5.74, 6) is -2.38. The van der Waals surface area contributed by atoms with E-state index in [1.165, 1.54) is 31.4 Å². The molecule has 0 saturated heterocycles. The Morgan fingerprint density at radius 2 is 1.81 bits per heavy atom. The van der Waals surface area contributed by atoms with E-state index in [-0.39, 0.29) is 11.3 Å². The lowest BCUT2D eigenvalue weighted by atomic mass is 10.2. The Morgan fingerprint density at radius 1 is 1.04 bits per heavy atom. The largest absolute Gasteiger partial charge is 0.496 e. The molecule has 7 nitrogen and oxygen atoms in total. The quantitative estimate of drug-likeness (QED) is 0.755. The molecule has 0 aliphatic heterocycles. The van der Waals surface area contributed by atoms with Crippen LogP contribution in [-0.2, 0) is 14.3 Å². The van der Waals surface area contributed by atoms with Crippen LogP contribution in [0.3, 0.4) is 0 Å². The van der Waals surface area contributed by atoms with Gasteiger partial charge in [-0.2, -0.15) is 0 Å². The smallest absolute Gasteiger partial charge is 0.344 e. The zero-order chi connectivity index (χ0) is 18.9. The molecule has 136 valence electrons. The summed E-state index contributed by atoms with van der Waals surface area (Å²) in [5.41, 5.74) is 0.170. The molecule has 0 spiro atoms. The fourth-order valence-corrected chi connectivity index (χ4v) is 1.95. The SMILES string of the molecule is COc1ccccc1C(=O)NC(=O)COC(=O)COc1cccc(F)c1. The molecule has 26 heavy (non-hydrogen) atoms. The Hall–Kier alpha value is -3.42. The first-order chi connectivity index (χ1) is 12.5. The van der Waals surface area contributed by atoms with E-state index in [4.69, 9.17) is 14.2 Å². The third-order valence-corrected chi connectivity index (χ3v) is 3.12. The van der Waals surface area contributed by atoms with Crippen molar-refractivity contribution in [1.29, 1.82) is 0 Å². The summed E-state index contributed by atoms with van der Waals surface area (Å²) < 4.78 is 27.7. The minimum absolute atomic E-state index is 0.151. The molecule has 0 unspecified atom stereocenters. The highest BCUT2D eigenvalue weighted by molar-refractivity contribution is 6.06. The molecule has 0 saturated carbocycles. The van der Waals surface area contributed by atoms with E-state index in [0.717, 1.165) is 6.07 Å². The van der Waals surface area contributed by atoms with Gasteiger partial charge in [0.15, 0.2) is 13.2 Å². The number of imide groups is 1. The maximum Gasteiger partial charge on any atom is 0.344 e. The number of nitrogens with one attached hydrogen (secondary N) is 1. The second-order valence-corrected chi connectivity index (χ2v) is 4.98. The standard InChI is InChI=1S/C18H16FNO6/c1-24-15-8-3-2-7-14(15)18(23)20-16(21)10-26-17(22)11-25-13-6-4-5-12(19)9-13/h2-9H,10-11H2,1H3,(H,20,21,23). The first-order valence-corrected chi connectivity index (χ1v) is 7.51. The molecule has 0 aliphatic carbocycles. The van der Waals surface area contributed by atoms with E-state index in [1.54, 1.807) is 18.2 Å². The number of hydrogen-bond donors (Lipinski definition) is 1. The molecule has 2 aromatic carbocycles. The van der Waals surface area contributed by atoms with Crippen molar-refractivity contribution < 1.29 is 33.0 Å². The topological polar surface area (TPSA) is 90.9 Å². The number of benzene rings is 2. The van der Waals surface area contributed by atoms with Crippen LogP contribution in [0.2, 0.25) is 0 Å². The third kappa shape index (κ3) is 5.59. The molecule has 0 heterocycles. The average Bonchev–Trinajstić information content (AvgIpc) is 2.64. The fraction of sp³-hybridized carbons (Fsp3) is 0.167. The van der Waals surface area contributed by atoms with Gasteiger partial charge < -0.3 is 14.2 Å². The minimum atomic E-state index is -0.839. The molecule has 0 aliphatic rings. The summed E-state index contributed by atoms with van der Waals surface area (Å²) in [6.07, 6.45) is 0. The van der Waals surface area contributed by atoms with Crippen molar-refractivity contribution in [1.82, 2.24) is 5.32 Å². The molecule has 2 rings (SSSR count). The predicted octanol–water partition coefficient (Wildman–Crippen LogP) is 1.71. The van der Waals surface area contributed by atoms with Crippen LogP contribution >= 0.6 is 0 Å². The second kappa shape index (κ2) is 9.16. The van der Waals surface area contributed by atoms with Gasteiger partial charge in [-0.1, -0.05) is 18.2 Å². The second-order valence-electron chi connectivity index (χ2n) is 4.98. The number of para-hydroxylation sites is 1. The van der Waals surface area contributed by atoms with E-state index in [0.29, 0.717) is 5.75 Å². The molecule has 1 N–H and O–H groups in total. The monoisotopic (exact) mass is 361 g/mol. The van der Waals surface area contributed by atoms with Gasteiger partial charge in [0.1, 0.15) is 17.3 Å². The number of methoxy groups -OCH3 is 1. The number of esters is 1. The van der Waals surface area contributed by atoms with Gasteiger partial charge in [0, 0.05) is 6.07 Å². The van der Waals surface area contributed by atoms with Crippen molar-refractivity contribution in [3.8, 4) is 11.5 Å². The number of ether oxygens (including phenoxy) is 3. The highest BCUT2D eigenvalue weighted by Crippen LogP contribution is 2.16. The van der Waals surface area contributed by atoms with Crippen LogP contribution in [0.5, 0.6) is 11.5 Å². The summed E-state index contributed by atoms with van der Waals surface area (Å²) in [6, 6.07) is 11.6. The van der Waals surface area contributed by atoms with Gasteiger partial charge in [0.2, 0.25) is 0 Å². The molecule has 0 atom stereocenters. The van der Waals surface area contributed by atoms with Gasteiger partial charge >= 0.3 is 5.97 Å². The Bertz CT molecular complexity index is 808. The summed E-state index contributed by atoms with van der Waals surface area (Å²) in [4.78, 5) is 35.3. The van der Waals surface area contributed by atoms with Gasteiger partial charge in [-0.3, -0.25) is 14.9 Å². The highest BCUT2D eigenvalue weighted by atomic mass is 19.1. The fourth-order valence-electron chi connectivity index (χ4n) is 1.95. The van der Waals surface area contributed by atoms with Crippen LogP contribution in [0.1, 0.15) is 10.4 Å². The Labute approximate surface area is 148 Å². The predicted molar refractivity (Wildman–Crippen MR) is 88.3 cm³/mol. The van der Waals surface area contributed by atoms with Crippen LogP contribution < -0.4 is 14.8 Å². The number of amides is 2. The Morgan fingerprint density at radius 3 is 2.54 bits per heavy atom. The molecule has 0 fully saturated rings. The molecule has 0 radical (unpaired) electrons. The van der Waals surface area contributed by atoms with Gasteiger partial charge in [0.05, 0.1) is 12.7 Å². The average molecular weight is 361 g/mol. The van der Waals surface area contributed by atoms with Gasteiger partial charge in [-0.15, -0.1) is 0 Å². The van der Waals surface area contributed by atoms with Crippen LogP contribution in [0.25, 0.3) is 0 Å². The summed E-state index contributed by atoms with van der Waals surface area (Å²) >= 11 is 0. The zero-order valence-corrected chi connectivity index (χ0v) is 13.9. The van der Waals surface area contributed by atoms with Crippen molar-refractivity contribution in [3.63, 3.8) is 0 Å². The summed E-state index contributed by atoms with van der Waals surface area (Å²) in [6.45, 7) is -1.16. The van der Waals surface area contributed by atoms with E-state index in [1.807, 2.05) is 0 Å². The van der Waals surface area contributed by atoms with Gasteiger partial charge in [-0.25, -0.2) is 9.18 Å². The number of hydrogen-bond acceptors (Lipinski definition) is 6. The lowest BCUT2D eigenvalue weighted by molar-refractivity contribution is -0.150. The van der Waals surface area contributed by atoms with Crippen LogP contribution in [-0.4, -0.2) is 38.1 Å². The normalized spacial score (nSPS) is 9.92. The van der Waals surface area contributed by atoms with Crippen molar-refractivity contribution in [3.05, 3.63) is 59.9 Å². The first kappa shape index (κ1) is 18.9. The van der Waals surface area contributed by atoms with Crippen LogP contribution in [0.15, 0.2) is 48.5 Å². The van der Waals surface area contributed by atoms with Crippen LogP contribution in [0.4, 0.5) is 4.39 Å². The summed E-state index contributed by atoms with van der Waals surface area (Å²) in [7, 11) is 1.40. The third-order valence-electron chi connectivity index (χ3n) is 3.12. The molecule has 0 bridgehead atoms. The maximum atomic E-state index is 13.0. The number of carbonyl (C=O) groups is 3. The van der Waals surface area contributed by atoms with E-state index in [9.17, 15) is 18.8 Å². The van der Waals surface area contributed by atoms with Crippen LogP contribution in [0, 0.1) is 5.82 Å². The molecule has 2 aromatic rings. The zero-order valence-electron chi connectivity index (χ0n) is 13.9. The summed E-state index contributed by atoms with van der Waals surface area (Å²) in [5, 5.41) is 2.08. The molecule has 2 amide bonds. The van der Waals surface area contributed by atoms with Crippen molar-refractivity contribution in [2.45, 2.75) is 0 Å². The molecule has 8 heteroatoms. The number of rotatable bonds is 7. The van der Waals surface area contributed by atoms with E-state index >= 15 is 0 Å². The Kier molecular flexibility index (Phi) is 6.67. The van der Waals surface area contributed by atoms with Crippen molar-refractivity contribution in [2.24, 2.45) is 0 Å². The molecular formula is C18H16FNO6. The molecule has 0 aromatic heterocycles. The number of carbonyl (C=O) groups excluding carboxylic acids is 3. The van der Waals surface area contributed by atoms with E-state index < -0.39 is 36.8 Å². The first-order valence-electron chi connectivity index (χ1n) is 7.51. The van der Waals surface area contributed by atoms with Gasteiger partial charge in [-0.05, 0) is 24.3 Å². The van der Waals surface area contributed by atoms with Crippen molar-refractivity contribution >= 4 is 17.8 Å². The van der Waals surface area contributed by atoms with Gasteiger partial charge in [0.25, 0.3) is 11.8 Å². The van der Waals surface area contributed by atoms with Crippen molar-refractivity contribution in [2.75, 3.05) is 20.3 Å². The minimum Gasteiger partial charge on any atom is -0.496 e. The highest BCUT2D eigenvalue weighted by Gasteiger charge is 2.16. The number of halogens is 1. The lowest BCUT2D eigenvalue weighted by Crippen LogP contribution is -2.34. The lowest BCUT2D eigenvalue weighted by Gasteiger charge is -2.09. The Balaban J connectivity index is 1.77. The van der Waals surface area contributed by atoms with E-state index in [2.05, 4.69) is 5.32 Å². The maximum absolute atomic E-state index is 13.0. The molecular weight excluding hydrogens is 345 g/mol.